The summed E-state index contributed by atoms with van der Waals surface area (Å²) in [4.78, 5) is 18.1. The number of aromatic amines is 1. The van der Waals surface area contributed by atoms with Gasteiger partial charge in [-0.1, -0.05) is 12.1 Å². The summed E-state index contributed by atoms with van der Waals surface area (Å²) in [6, 6.07) is 9.24. The molecule has 1 aromatic carbocycles. The van der Waals surface area contributed by atoms with Crippen molar-refractivity contribution >= 4 is 5.91 Å². The zero-order valence-electron chi connectivity index (χ0n) is 11.7. The average molecular weight is 281 g/mol. The van der Waals surface area contributed by atoms with Crippen LogP contribution in [0.2, 0.25) is 0 Å². The molecule has 1 aliphatic rings. The number of aromatic nitrogens is 3. The molecule has 1 fully saturated rings. The molecule has 0 radical (unpaired) electrons. The molecule has 21 heavy (non-hydrogen) atoms. The van der Waals surface area contributed by atoms with Crippen LogP contribution in [0.5, 0.6) is 0 Å². The van der Waals surface area contributed by atoms with E-state index in [1.165, 1.54) is 0 Å². The number of benzene rings is 1. The minimum absolute atomic E-state index is 0.206. The highest BCUT2D eigenvalue weighted by Crippen LogP contribution is 2.37. The normalized spacial score (nSPS) is 13.7. The van der Waals surface area contributed by atoms with Crippen molar-refractivity contribution in [1.82, 2.24) is 20.1 Å². The molecule has 0 aliphatic heterocycles. The summed E-state index contributed by atoms with van der Waals surface area (Å²) in [5.74, 6) is 1.27. The Hall–Kier alpha value is -2.68. The van der Waals surface area contributed by atoms with E-state index in [1.54, 1.807) is 24.1 Å². The minimum atomic E-state index is -0.206. The summed E-state index contributed by atoms with van der Waals surface area (Å²) in [6.45, 7) is 0.456. The van der Waals surface area contributed by atoms with Crippen LogP contribution in [-0.2, 0) is 6.54 Å². The van der Waals surface area contributed by atoms with E-state index in [-0.39, 0.29) is 11.7 Å². The molecule has 1 aromatic heterocycles. The molecular formula is C15H15N5O. The molecule has 0 unspecified atom stereocenters. The lowest BCUT2D eigenvalue weighted by atomic mass is 10.1. The van der Waals surface area contributed by atoms with Gasteiger partial charge < -0.3 is 4.90 Å². The van der Waals surface area contributed by atoms with E-state index in [0.717, 1.165) is 24.2 Å². The van der Waals surface area contributed by atoms with Crippen molar-refractivity contribution in [3.63, 3.8) is 0 Å². The molecule has 0 spiro atoms. The lowest BCUT2D eigenvalue weighted by Crippen LogP contribution is -2.27. The minimum Gasteiger partial charge on any atom is -0.335 e. The van der Waals surface area contributed by atoms with Gasteiger partial charge in [0.15, 0.2) is 0 Å². The van der Waals surface area contributed by atoms with Gasteiger partial charge in [-0.3, -0.25) is 9.89 Å². The van der Waals surface area contributed by atoms with Gasteiger partial charge in [-0.15, -0.1) is 5.10 Å². The highest BCUT2D eigenvalue weighted by Gasteiger charge is 2.28. The molecule has 2 aromatic rings. The summed E-state index contributed by atoms with van der Waals surface area (Å²) in [7, 11) is 1.72. The molecule has 0 bridgehead atoms. The van der Waals surface area contributed by atoms with Gasteiger partial charge in [-0.25, -0.2) is 4.98 Å². The molecule has 0 atom stereocenters. The van der Waals surface area contributed by atoms with Gasteiger partial charge in [-0.05, 0) is 30.5 Å². The number of rotatable bonds is 4. The molecular weight excluding hydrogens is 266 g/mol. The lowest BCUT2D eigenvalue weighted by Gasteiger charge is -2.15. The third-order valence-electron chi connectivity index (χ3n) is 3.51. The molecule has 1 saturated carbocycles. The van der Waals surface area contributed by atoms with E-state index in [2.05, 4.69) is 21.3 Å². The molecule has 106 valence electrons. The molecule has 1 amide bonds. The van der Waals surface area contributed by atoms with E-state index >= 15 is 0 Å². The molecule has 0 saturated heterocycles. The Morgan fingerprint density at radius 2 is 2.14 bits per heavy atom. The first kappa shape index (κ1) is 13.3. The SMILES string of the molecule is CN(Cc1ccc(C#N)cc1)C(=O)c1n[nH]c(C2CC2)n1. The summed E-state index contributed by atoms with van der Waals surface area (Å²) in [6.07, 6.45) is 2.23. The number of nitrogens with one attached hydrogen (secondary N) is 1. The van der Waals surface area contributed by atoms with Crippen LogP contribution in [0.25, 0.3) is 0 Å². The van der Waals surface area contributed by atoms with Crippen molar-refractivity contribution in [1.29, 1.82) is 5.26 Å². The topological polar surface area (TPSA) is 85.7 Å². The van der Waals surface area contributed by atoms with Gasteiger partial charge in [0.05, 0.1) is 11.6 Å². The zero-order chi connectivity index (χ0) is 14.8. The van der Waals surface area contributed by atoms with Crippen LogP contribution >= 0.6 is 0 Å². The Labute approximate surface area is 122 Å². The fourth-order valence-corrected chi connectivity index (χ4v) is 2.11. The van der Waals surface area contributed by atoms with E-state index in [0.29, 0.717) is 18.0 Å². The van der Waals surface area contributed by atoms with Crippen molar-refractivity contribution < 1.29 is 4.79 Å². The third kappa shape index (κ3) is 2.92. The average Bonchev–Trinajstić information content (AvgIpc) is 3.25. The van der Waals surface area contributed by atoms with E-state index in [1.807, 2.05) is 12.1 Å². The van der Waals surface area contributed by atoms with Gasteiger partial charge in [0, 0.05) is 19.5 Å². The number of hydrogen-bond donors (Lipinski definition) is 1. The summed E-state index contributed by atoms with van der Waals surface area (Å²) >= 11 is 0. The van der Waals surface area contributed by atoms with E-state index in [9.17, 15) is 4.79 Å². The lowest BCUT2D eigenvalue weighted by molar-refractivity contribution is 0.0773. The number of carbonyl (C=O) groups is 1. The second-order valence-corrected chi connectivity index (χ2v) is 5.29. The zero-order valence-corrected chi connectivity index (χ0v) is 11.7. The highest BCUT2D eigenvalue weighted by atomic mass is 16.2. The standard InChI is InChI=1S/C15H15N5O/c1-20(9-11-4-2-10(8-16)3-5-11)15(21)14-17-13(18-19-14)12-6-7-12/h2-5,12H,6-7,9H2,1H3,(H,17,18,19). The van der Waals surface area contributed by atoms with Crippen molar-refractivity contribution in [2.75, 3.05) is 7.05 Å². The first-order valence-corrected chi connectivity index (χ1v) is 6.84. The number of nitriles is 1. The van der Waals surface area contributed by atoms with Crippen molar-refractivity contribution in [3.05, 3.63) is 47.0 Å². The first-order chi connectivity index (χ1) is 10.2. The van der Waals surface area contributed by atoms with Gasteiger partial charge in [0.1, 0.15) is 5.82 Å². The molecule has 6 nitrogen and oxygen atoms in total. The smallest absolute Gasteiger partial charge is 0.293 e. The third-order valence-corrected chi connectivity index (χ3v) is 3.51. The fraction of sp³-hybridized carbons (Fsp3) is 0.333. The van der Waals surface area contributed by atoms with Crippen molar-refractivity contribution in [3.8, 4) is 6.07 Å². The summed E-state index contributed by atoms with van der Waals surface area (Å²) < 4.78 is 0. The van der Waals surface area contributed by atoms with Gasteiger partial charge in [0.25, 0.3) is 5.91 Å². The highest BCUT2D eigenvalue weighted by molar-refractivity contribution is 5.90. The Morgan fingerprint density at radius 3 is 2.76 bits per heavy atom. The van der Waals surface area contributed by atoms with Crippen LogP contribution in [0, 0.1) is 11.3 Å². The summed E-state index contributed by atoms with van der Waals surface area (Å²) in [5, 5.41) is 15.6. The van der Waals surface area contributed by atoms with Crippen LogP contribution in [0.4, 0.5) is 0 Å². The second-order valence-electron chi connectivity index (χ2n) is 5.29. The summed E-state index contributed by atoms with van der Waals surface area (Å²) in [5.41, 5.74) is 1.57. The maximum absolute atomic E-state index is 12.3. The Morgan fingerprint density at radius 1 is 1.43 bits per heavy atom. The largest absolute Gasteiger partial charge is 0.335 e. The second kappa shape index (κ2) is 5.37. The number of H-pyrrole nitrogens is 1. The van der Waals surface area contributed by atoms with Crippen LogP contribution in [-0.4, -0.2) is 33.0 Å². The molecule has 3 rings (SSSR count). The molecule has 1 heterocycles. The molecule has 1 aliphatic carbocycles. The van der Waals surface area contributed by atoms with Gasteiger partial charge in [0.2, 0.25) is 5.82 Å². The maximum Gasteiger partial charge on any atom is 0.293 e. The van der Waals surface area contributed by atoms with Crippen LogP contribution < -0.4 is 0 Å². The molecule has 6 heteroatoms. The van der Waals surface area contributed by atoms with E-state index < -0.39 is 0 Å². The van der Waals surface area contributed by atoms with Crippen LogP contribution in [0.3, 0.4) is 0 Å². The predicted molar refractivity (Wildman–Crippen MR) is 75.3 cm³/mol. The number of amides is 1. The van der Waals surface area contributed by atoms with Crippen molar-refractivity contribution in [2.45, 2.75) is 25.3 Å². The van der Waals surface area contributed by atoms with Crippen molar-refractivity contribution in [2.24, 2.45) is 0 Å². The predicted octanol–water partition coefficient (Wildman–Crippen LogP) is 1.83. The Balaban J connectivity index is 1.66. The monoisotopic (exact) mass is 281 g/mol. The number of nitrogens with zero attached hydrogens (tertiary/aromatic N) is 4. The van der Waals surface area contributed by atoms with E-state index in [4.69, 9.17) is 5.26 Å². The van der Waals surface area contributed by atoms with Gasteiger partial charge in [-0.2, -0.15) is 5.26 Å². The fourth-order valence-electron chi connectivity index (χ4n) is 2.11. The quantitative estimate of drug-likeness (QED) is 0.926. The number of carbonyl (C=O) groups excluding carboxylic acids is 1. The Bertz CT molecular complexity index is 694. The Kier molecular flexibility index (Phi) is 3.40. The molecule has 1 N–H and O–H groups in total. The maximum atomic E-state index is 12.3. The van der Waals surface area contributed by atoms with Crippen LogP contribution in [0.1, 0.15) is 46.3 Å². The van der Waals surface area contributed by atoms with Gasteiger partial charge >= 0.3 is 0 Å². The number of hydrogen-bond acceptors (Lipinski definition) is 4. The van der Waals surface area contributed by atoms with Crippen LogP contribution in [0.15, 0.2) is 24.3 Å². The first-order valence-electron chi connectivity index (χ1n) is 6.84.